The Labute approximate surface area is 94.7 Å². The Morgan fingerprint density at radius 3 is 2.35 bits per heavy atom. The molecule has 0 N–H and O–H groups in total. The SMILES string of the molecule is O=Cc1ccc(-c2ccc(F)cn2)c(F)c1F. The molecule has 0 saturated heterocycles. The number of hydrogen-bond acceptors (Lipinski definition) is 2. The summed E-state index contributed by atoms with van der Waals surface area (Å²) in [6.07, 6.45) is 1.13. The van der Waals surface area contributed by atoms with Gasteiger partial charge in [0.2, 0.25) is 0 Å². The molecule has 1 aromatic heterocycles. The molecule has 2 rings (SSSR count). The molecule has 2 aromatic rings. The molecular formula is C12H6F3NO. The number of carbonyl (C=O) groups excluding carboxylic acids is 1. The highest BCUT2D eigenvalue weighted by Gasteiger charge is 2.14. The van der Waals surface area contributed by atoms with Crippen molar-refractivity contribution in [1.82, 2.24) is 4.98 Å². The smallest absolute Gasteiger partial charge is 0.170 e. The normalized spacial score (nSPS) is 10.3. The average molecular weight is 237 g/mol. The lowest BCUT2D eigenvalue weighted by Crippen LogP contribution is -1.97. The van der Waals surface area contributed by atoms with Crippen molar-refractivity contribution in [1.29, 1.82) is 0 Å². The summed E-state index contributed by atoms with van der Waals surface area (Å²) in [5.74, 6) is -2.98. The number of aldehydes is 1. The summed E-state index contributed by atoms with van der Waals surface area (Å²) in [4.78, 5) is 14.0. The van der Waals surface area contributed by atoms with Crippen LogP contribution >= 0.6 is 0 Å². The number of halogens is 3. The van der Waals surface area contributed by atoms with Crippen LogP contribution in [0.15, 0.2) is 30.5 Å². The minimum absolute atomic E-state index is 0.0975. The number of rotatable bonds is 2. The van der Waals surface area contributed by atoms with Crippen LogP contribution in [0.4, 0.5) is 13.2 Å². The zero-order valence-electron chi connectivity index (χ0n) is 8.45. The van der Waals surface area contributed by atoms with Gasteiger partial charge in [-0.2, -0.15) is 0 Å². The number of nitrogens with zero attached hydrogens (tertiary/aromatic N) is 1. The third kappa shape index (κ3) is 2.04. The fourth-order valence-electron chi connectivity index (χ4n) is 1.39. The number of aromatic nitrogens is 1. The van der Waals surface area contributed by atoms with Gasteiger partial charge in [0.25, 0.3) is 0 Å². The Balaban J connectivity index is 2.57. The van der Waals surface area contributed by atoms with Crippen LogP contribution in [-0.2, 0) is 0 Å². The highest BCUT2D eigenvalue weighted by Crippen LogP contribution is 2.24. The first-order valence-corrected chi connectivity index (χ1v) is 4.68. The van der Waals surface area contributed by atoms with Gasteiger partial charge in [-0.3, -0.25) is 9.78 Å². The summed E-state index contributed by atoms with van der Waals surface area (Å²) in [7, 11) is 0. The van der Waals surface area contributed by atoms with Gasteiger partial charge >= 0.3 is 0 Å². The number of hydrogen-bond donors (Lipinski definition) is 0. The zero-order valence-corrected chi connectivity index (χ0v) is 8.45. The molecule has 0 amide bonds. The van der Waals surface area contributed by atoms with E-state index < -0.39 is 17.5 Å². The Kier molecular flexibility index (Phi) is 2.91. The summed E-state index contributed by atoms with van der Waals surface area (Å²) in [5, 5.41) is 0. The first-order chi connectivity index (χ1) is 8.13. The molecule has 0 fully saturated rings. The van der Waals surface area contributed by atoms with Gasteiger partial charge in [-0.25, -0.2) is 13.2 Å². The van der Waals surface area contributed by atoms with Gasteiger partial charge in [0.15, 0.2) is 17.9 Å². The van der Waals surface area contributed by atoms with Gasteiger partial charge in [0, 0.05) is 5.56 Å². The van der Waals surface area contributed by atoms with E-state index in [9.17, 15) is 18.0 Å². The lowest BCUT2D eigenvalue weighted by molar-refractivity contribution is 0.111. The molecule has 0 atom stereocenters. The molecule has 0 aliphatic rings. The molecule has 17 heavy (non-hydrogen) atoms. The standard InChI is InChI=1S/C12H6F3NO/c13-8-2-4-10(16-5-8)9-3-1-7(6-17)11(14)12(9)15/h1-6H. The number of pyridine rings is 1. The first kappa shape index (κ1) is 11.3. The molecule has 0 bridgehead atoms. The van der Waals surface area contributed by atoms with E-state index in [1.165, 1.54) is 12.1 Å². The molecule has 0 radical (unpaired) electrons. The summed E-state index contributed by atoms with van der Waals surface area (Å²) in [5.41, 5.74) is -0.387. The van der Waals surface area contributed by atoms with Gasteiger partial charge < -0.3 is 0 Å². The molecule has 2 nitrogen and oxygen atoms in total. The molecular weight excluding hydrogens is 231 g/mol. The zero-order chi connectivity index (χ0) is 12.4. The van der Waals surface area contributed by atoms with Gasteiger partial charge in [-0.15, -0.1) is 0 Å². The monoisotopic (exact) mass is 237 g/mol. The molecule has 0 aliphatic heterocycles. The van der Waals surface area contributed by atoms with E-state index >= 15 is 0 Å². The molecule has 0 saturated carbocycles. The Bertz CT molecular complexity index is 567. The van der Waals surface area contributed by atoms with E-state index in [0.29, 0.717) is 0 Å². The van der Waals surface area contributed by atoms with Crippen molar-refractivity contribution in [2.45, 2.75) is 0 Å². The fourth-order valence-corrected chi connectivity index (χ4v) is 1.39. The Morgan fingerprint density at radius 1 is 1.00 bits per heavy atom. The molecule has 1 heterocycles. The van der Waals surface area contributed by atoms with E-state index in [0.717, 1.165) is 18.3 Å². The summed E-state index contributed by atoms with van der Waals surface area (Å²) in [6, 6.07) is 4.69. The van der Waals surface area contributed by atoms with Crippen molar-refractivity contribution in [3.8, 4) is 11.3 Å². The van der Waals surface area contributed by atoms with Gasteiger partial charge in [0.1, 0.15) is 5.82 Å². The summed E-state index contributed by atoms with van der Waals surface area (Å²) < 4.78 is 39.5. The van der Waals surface area contributed by atoms with Crippen LogP contribution in [0.3, 0.4) is 0 Å². The lowest BCUT2D eigenvalue weighted by atomic mass is 10.1. The van der Waals surface area contributed by atoms with Crippen molar-refractivity contribution >= 4 is 6.29 Å². The second-order valence-electron chi connectivity index (χ2n) is 3.31. The Morgan fingerprint density at radius 2 is 1.76 bits per heavy atom. The summed E-state index contributed by atoms with van der Waals surface area (Å²) >= 11 is 0. The van der Waals surface area contributed by atoms with Crippen molar-refractivity contribution in [2.24, 2.45) is 0 Å². The molecule has 0 unspecified atom stereocenters. The maximum Gasteiger partial charge on any atom is 0.170 e. The second kappa shape index (κ2) is 4.37. The third-order valence-electron chi connectivity index (χ3n) is 2.24. The molecule has 5 heteroatoms. The van der Waals surface area contributed by atoms with E-state index in [4.69, 9.17) is 0 Å². The van der Waals surface area contributed by atoms with E-state index in [1.54, 1.807) is 0 Å². The highest BCUT2D eigenvalue weighted by molar-refractivity contribution is 5.77. The van der Waals surface area contributed by atoms with Crippen LogP contribution in [0.25, 0.3) is 11.3 Å². The largest absolute Gasteiger partial charge is 0.298 e. The third-order valence-corrected chi connectivity index (χ3v) is 2.24. The van der Waals surface area contributed by atoms with Gasteiger partial charge in [-0.05, 0) is 24.3 Å². The minimum atomic E-state index is -1.23. The van der Waals surface area contributed by atoms with Crippen LogP contribution in [0, 0.1) is 17.5 Å². The predicted molar refractivity (Wildman–Crippen MR) is 54.9 cm³/mol. The van der Waals surface area contributed by atoms with Gasteiger partial charge in [-0.1, -0.05) is 0 Å². The fraction of sp³-hybridized carbons (Fsp3) is 0. The lowest BCUT2D eigenvalue weighted by Gasteiger charge is -2.04. The first-order valence-electron chi connectivity index (χ1n) is 4.68. The van der Waals surface area contributed by atoms with Crippen LogP contribution in [0.5, 0.6) is 0 Å². The maximum absolute atomic E-state index is 13.6. The molecule has 0 spiro atoms. The molecule has 86 valence electrons. The molecule has 1 aromatic carbocycles. The van der Waals surface area contributed by atoms with E-state index in [2.05, 4.69) is 4.98 Å². The highest BCUT2D eigenvalue weighted by atomic mass is 19.2. The maximum atomic E-state index is 13.6. The number of benzene rings is 1. The van der Waals surface area contributed by atoms with Crippen LogP contribution in [-0.4, -0.2) is 11.3 Å². The van der Waals surface area contributed by atoms with Crippen molar-refractivity contribution < 1.29 is 18.0 Å². The van der Waals surface area contributed by atoms with Crippen LogP contribution in [0.1, 0.15) is 10.4 Å². The minimum Gasteiger partial charge on any atom is -0.298 e. The quantitative estimate of drug-likeness (QED) is 0.751. The topological polar surface area (TPSA) is 30.0 Å². The van der Waals surface area contributed by atoms with Crippen molar-refractivity contribution in [3.63, 3.8) is 0 Å². The summed E-state index contributed by atoms with van der Waals surface area (Å²) in [6.45, 7) is 0. The van der Waals surface area contributed by atoms with Crippen LogP contribution in [0.2, 0.25) is 0 Å². The predicted octanol–water partition coefficient (Wildman–Crippen LogP) is 2.98. The van der Waals surface area contributed by atoms with Crippen molar-refractivity contribution in [3.05, 3.63) is 53.5 Å². The van der Waals surface area contributed by atoms with E-state index in [1.807, 2.05) is 0 Å². The van der Waals surface area contributed by atoms with E-state index in [-0.39, 0.29) is 23.1 Å². The van der Waals surface area contributed by atoms with Gasteiger partial charge in [0.05, 0.1) is 17.5 Å². The number of carbonyl (C=O) groups is 1. The van der Waals surface area contributed by atoms with Crippen molar-refractivity contribution in [2.75, 3.05) is 0 Å². The Hall–Kier alpha value is -2.17. The molecule has 0 aliphatic carbocycles. The second-order valence-corrected chi connectivity index (χ2v) is 3.31. The average Bonchev–Trinajstić information content (AvgIpc) is 2.34. The van der Waals surface area contributed by atoms with Crippen LogP contribution < -0.4 is 0 Å².